The van der Waals surface area contributed by atoms with Crippen LogP contribution in [0.4, 0.5) is 0 Å². The van der Waals surface area contributed by atoms with E-state index in [4.69, 9.17) is 4.74 Å². The molecule has 0 heterocycles. The van der Waals surface area contributed by atoms with Crippen molar-refractivity contribution in [1.29, 1.82) is 0 Å². The first-order valence-electron chi connectivity index (χ1n) is 10.9. The van der Waals surface area contributed by atoms with Gasteiger partial charge >= 0.3 is 0 Å². The van der Waals surface area contributed by atoms with Gasteiger partial charge in [0.2, 0.25) is 0 Å². The van der Waals surface area contributed by atoms with Crippen molar-refractivity contribution in [3.63, 3.8) is 0 Å². The Bertz CT molecular complexity index is 366. The van der Waals surface area contributed by atoms with Gasteiger partial charge in [-0.1, -0.05) is 78.6 Å². The number of ketones is 2. The lowest BCUT2D eigenvalue weighted by molar-refractivity contribution is -0.126. The summed E-state index contributed by atoms with van der Waals surface area (Å²) in [5.41, 5.74) is -0.171. The van der Waals surface area contributed by atoms with Crippen molar-refractivity contribution < 1.29 is 14.3 Å². The van der Waals surface area contributed by atoms with E-state index in [0.29, 0.717) is 12.2 Å². The second-order valence-corrected chi connectivity index (χ2v) is 8.96. The van der Waals surface area contributed by atoms with Crippen LogP contribution >= 0.6 is 0 Å². The third-order valence-electron chi connectivity index (χ3n) is 4.77. The molecule has 0 atom stereocenters. The van der Waals surface area contributed by atoms with Gasteiger partial charge in [-0.3, -0.25) is 9.59 Å². The Labute approximate surface area is 162 Å². The molecule has 0 aromatic heterocycles. The van der Waals surface area contributed by atoms with Gasteiger partial charge in [0, 0.05) is 18.3 Å². The van der Waals surface area contributed by atoms with E-state index in [-0.39, 0.29) is 23.9 Å². The van der Waals surface area contributed by atoms with Gasteiger partial charge in [-0.25, -0.2) is 0 Å². The highest BCUT2D eigenvalue weighted by Crippen LogP contribution is 2.19. The molecule has 0 aliphatic heterocycles. The van der Waals surface area contributed by atoms with Gasteiger partial charge in [-0.15, -0.1) is 0 Å². The smallest absolute Gasteiger partial charge is 0.158 e. The Hall–Kier alpha value is -0.700. The lowest BCUT2D eigenvalue weighted by Gasteiger charge is -2.16. The van der Waals surface area contributed by atoms with Gasteiger partial charge < -0.3 is 4.74 Å². The van der Waals surface area contributed by atoms with E-state index in [1.165, 1.54) is 51.4 Å². The van der Waals surface area contributed by atoms with E-state index >= 15 is 0 Å². The van der Waals surface area contributed by atoms with Crippen LogP contribution in [-0.4, -0.2) is 24.3 Å². The van der Waals surface area contributed by atoms with E-state index in [1.54, 1.807) is 0 Å². The molecule has 0 fully saturated rings. The Kier molecular flexibility index (Phi) is 15.0. The molecule has 0 saturated carbocycles. The van der Waals surface area contributed by atoms with Crippen molar-refractivity contribution >= 4 is 11.6 Å². The first kappa shape index (κ1) is 25.3. The number of unbranched alkanes of at least 4 members (excludes halogenated alkanes) is 10. The Balaban J connectivity index is 3.25. The number of hydrogen-bond donors (Lipinski definition) is 0. The zero-order valence-corrected chi connectivity index (χ0v) is 18.2. The highest BCUT2D eigenvalue weighted by Gasteiger charge is 2.19. The molecule has 0 unspecified atom stereocenters. The molecule has 0 saturated heterocycles. The summed E-state index contributed by atoms with van der Waals surface area (Å²) in [5, 5.41) is 0. The minimum absolute atomic E-state index is 0.143. The molecule has 0 aliphatic carbocycles. The van der Waals surface area contributed by atoms with Crippen LogP contribution < -0.4 is 0 Å². The van der Waals surface area contributed by atoms with Crippen LogP contribution in [0.2, 0.25) is 0 Å². The predicted octanol–water partition coefficient (Wildman–Crippen LogP) is 6.67. The fourth-order valence-corrected chi connectivity index (χ4v) is 2.91. The number of carbonyl (C=O) groups excluding carboxylic acids is 2. The monoisotopic (exact) mass is 368 g/mol. The maximum Gasteiger partial charge on any atom is 0.158 e. The van der Waals surface area contributed by atoms with Gasteiger partial charge in [0.05, 0.1) is 6.10 Å². The molecular formula is C23H44O3. The number of rotatable bonds is 17. The normalized spacial score (nSPS) is 11.9. The van der Waals surface area contributed by atoms with Gasteiger partial charge in [-0.05, 0) is 26.7 Å². The van der Waals surface area contributed by atoms with Crippen molar-refractivity contribution in [3.05, 3.63) is 0 Å². The van der Waals surface area contributed by atoms with Gasteiger partial charge in [-0.2, -0.15) is 0 Å². The van der Waals surface area contributed by atoms with Gasteiger partial charge in [0.25, 0.3) is 0 Å². The van der Waals surface area contributed by atoms with Crippen molar-refractivity contribution in [1.82, 2.24) is 0 Å². The summed E-state index contributed by atoms with van der Waals surface area (Å²) >= 11 is 0. The summed E-state index contributed by atoms with van der Waals surface area (Å²) in [6, 6.07) is 0. The zero-order chi connectivity index (χ0) is 19.8. The summed E-state index contributed by atoms with van der Waals surface area (Å²) in [6.45, 7) is 10.2. The van der Waals surface area contributed by atoms with Crippen LogP contribution in [0, 0.1) is 5.41 Å². The molecule has 26 heavy (non-hydrogen) atoms. The fraction of sp³-hybridized carbons (Fsp3) is 0.913. The van der Waals surface area contributed by atoms with Gasteiger partial charge in [0.15, 0.2) is 5.78 Å². The second kappa shape index (κ2) is 15.4. The van der Waals surface area contributed by atoms with E-state index in [2.05, 4.69) is 0 Å². The standard InChI is InChI=1S/C23H44O3/c1-20(2)26-19-21(24)17-15-13-11-9-7-6-8-10-12-14-16-18-22(25)23(3,4)5/h20H,6-19H2,1-5H3. The Morgan fingerprint density at radius 3 is 1.46 bits per heavy atom. The molecule has 0 amide bonds. The molecule has 0 spiro atoms. The second-order valence-electron chi connectivity index (χ2n) is 8.96. The molecule has 0 aliphatic rings. The maximum atomic E-state index is 11.8. The van der Waals surface area contributed by atoms with E-state index in [0.717, 1.165) is 25.7 Å². The molecule has 0 rings (SSSR count). The highest BCUT2D eigenvalue weighted by molar-refractivity contribution is 5.83. The van der Waals surface area contributed by atoms with Crippen molar-refractivity contribution in [2.45, 2.75) is 124 Å². The molecular weight excluding hydrogens is 324 g/mol. The molecule has 0 bridgehead atoms. The molecule has 0 aromatic carbocycles. The van der Waals surface area contributed by atoms with E-state index in [9.17, 15) is 9.59 Å². The summed E-state index contributed by atoms with van der Waals surface area (Å²) < 4.78 is 5.32. The Morgan fingerprint density at radius 1 is 0.692 bits per heavy atom. The largest absolute Gasteiger partial charge is 0.371 e. The Morgan fingerprint density at radius 2 is 1.08 bits per heavy atom. The lowest BCUT2D eigenvalue weighted by Crippen LogP contribution is -2.19. The summed E-state index contributed by atoms with van der Waals surface area (Å²) in [4.78, 5) is 23.4. The predicted molar refractivity (Wildman–Crippen MR) is 111 cm³/mol. The van der Waals surface area contributed by atoms with Crippen molar-refractivity contribution in [2.24, 2.45) is 5.41 Å². The van der Waals surface area contributed by atoms with Crippen LogP contribution in [0.5, 0.6) is 0 Å². The minimum atomic E-state index is -0.171. The van der Waals surface area contributed by atoms with E-state index < -0.39 is 0 Å². The number of Topliss-reactive ketones (excluding diaryl/α,β-unsaturated/α-hetero) is 2. The topological polar surface area (TPSA) is 43.4 Å². The molecule has 0 N–H and O–H groups in total. The summed E-state index contributed by atoms with van der Waals surface area (Å²) in [7, 11) is 0. The molecule has 0 aromatic rings. The number of carbonyl (C=O) groups is 2. The molecule has 3 nitrogen and oxygen atoms in total. The quantitative estimate of drug-likeness (QED) is 0.269. The molecule has 3 heteroatoms. The van der Waals surface area contributed by atoms with Crippen LogP contribution in [-0.2, 0) is 14.3 Å². The number of hydrogen-bond acceptors (Lipinski definition) is 3. The van der Waals surface area contributed by atoms with Crippen LogP contribution in [0.15, 0.2) is 0 Å². The van der Waals surface area contributed by atoms with Crippen LogP contribution in [0.25, 0.3) is 0 Å². The third-order valence-corrected chi connectivity index (χ3v) is 4.77. The first-order valence-corrected chi connectivity index (χ1v) is 10.9. The third kappa shape index (κ3) is 16.8. The fourth-order valence-electron chi connectivity index (χ4n) is 2.91. The average molecular weight is 369 g/mol. The average Bonchev–Trinajstić information content (AvgIpc) is 2.56. The van der Waals surface area contributed by atoms with Crippen molar-refractivity contribution in [3.8, 4) is 0 Å². The first-order chi connectivity index (χ1) is 12.2. The SMILES string of the molecule is CC(C)OCC(=O)CCCCCCCCCCCCCC(=O)C(C)(C)C. The summed E-state index contributed by atoms with van der Waals surface area (Å²) in [6.07, 6.45) is 15.0. The highest BCUT2D eigenvalue weighted by atomic mass is 16.5. The summed E-state index contributed by atoms with van der Waals surface area (Å²) in [5.74, 6) is 0.634. The molecule has 0 radical (unpaired) electrons. The van der Waals surface area contributed by atoms with Crippen molar-refractivity contribution in [2.75, 3.05) is 6.61 Å². The molecule has 154 valence electrons. The van der Waals surface area contributed by atoms with E-state index in [1.807, 2.05) is 34.6 Å². The number of ether oxygens (including phenoxy) is 1. The minimum Gasteiger partial charge on any atom is -0.371 e. The van der Waals surface area contributed by atoms with Crippen LogP contribution in [0.3, 0.4) is 0 Å². The van der Waals surface area contributed by atoms with Crippen LogP contribution in [0.1, 0.15) is 118 Å². The zero-order valence-electron chi connectivity index (χ0n) is 18.2. The lowest BCUT2D eigenvalue weighted by atomic mass is 9.88. The van der Waals surface area contributed by atoms with Gasteiger partial charge in [0.1, 0.15) is 12.4 Å². The maximum absolute atomic E-state index is 11.8.